The van der Waals surface area contributed by atoms with Gasteiger partial charge in [0, 0.05) is 17.8 Å². The van der Waals surface area contributed by atoms with Crippen molar-refractivity contribution in [3.05, 3.63) is 0 Å². The fourth-order valence-electron chi connectivity index (χ4n) is 1.75. The van der Waals surface area contributed by atoms with Crippen molar-refractivity contribution in [3.63, 3.8) is 0 Å². The first-order valence-corrected chi connectivity index (χ1v) is 6.07. The fraction of sp³-hybridized carbons (Fsp3) is 0.769. The van der Waals surface area contributed by atoms with Crippen molar-refractivity contribution in [2.24, 2.45) is 17.8 Å². The molecule has 0 heterocycles. The van der Waals surface area contributed by atoms with Crippen molar-refractivity contribution in [2.75, 3.05) is 0 Å². The van der Waals surface area contributed by atoms with E-state index in [1.807, 2.05) is 13.8 Å². The first-order valence-electron chi connectivity index (χ1n) is 6.07. The fourth-order valence-corrected chi connectivity index (χ4v) is 1.75. The van der Waals surface area contributed by atoms with Crippen molar-refractivity contribution < 1.29 is 14.4 Å². The number of hydrogen-bond donors (Lipinski definition) is 0. The Kier molecular flexibility index (Phi) is 8.68. The van der Waals surface area contributed by atoms with E-state index in [4.69, 9.17) is 0 Å². The molecule has 0 rings (SSSR count). The molecule has 16 heavy (non-hydrogen) atoms. The first kappa shape index (κ1) is 15.0. The number of aldehydes is 3. The maximum atomic E-state index is 10.9. The first-order chi connectivity index (χ1) is 7.71. The number of carbonyl (C=O) groups excluding carboxylic acids is 3. The molecule has 0 aromatic heterocycles. The Balaban J connectivity index is 4.04. The number of hydrogen-bond acceptors (Lipinski definition) is 3. The Morgan fingerprint density at radius 3 is 1.56 bits per heavy atom. The van der Waals surface area contributed by atoms with Crippen LogP contribution in [0.3, 0.4) is 0 Å². The lowest BCUT2D eigenvalue weighted by Gasteiger charge is -2.15. The highest BCUT2D eigenvalue weighted by Gasteiger charge is 2.15. The molecule has 0 saturated carbocycles. The average molecular weight is 226 g/mol. The van der Waals surface area contributed by atoms with E-state index >= 15 is 0 Å². The Morgan fingerprint density at radius 1 is 0.750 bits per heavy atom. The van der Waals surface area contributed by atoms with E-state index < -0.39 is 0 Å². The van der Waals surface area contributed by atoms with Gasteiger partial charge in [-0.15, -0.1) is 0 Å². The number of rotatable bonds is 10. The van der Waals surface area contributed by atoms with E-state index in [2.05, 4.69) is 0 Å². The minimum absolute atomic E-state index is 0.0218. The number of carbonyl (C=O) groups is 3. The molecule has 0 amide bonds. The Morgan fingerprint density at radius 2 is 1.19 bits per heavy atom. The second-order valence-corrected chi connectivity index (χ2v) is 4.32. The Labute approximate surface area is 97.6 Å². The van der Waals surface area contributed by atoms with Gasteiger partial charge in [0.05, 0.1) is 0 Å². The summed E-state index contributed by atoms with van der Waals surface area (Å²) >= 11 is 0. The van der Waals surface area contributed by atoms with Crippen LogP contribution < -0.4 is 0 Å². The molecule has 0 radical (unpaired) electrons. The summed E-state index contributed by atoms with van der Waals surface area (Å²) < 4.78 is 0. The summed E-state index contributed by atoms with van der Waals surface area (Å²) in [5.74, 6) is -0.0468. The van der Waals surface area contributed by atoms with E-state index in [0.717, 1.165) is 38.1 Å². The van der Waals surface area contributed by atoms with Gasteiger partial charge in [-0.05, 0) is 32.1 Å². The van der Waals surface area contributed by atoms with Crippen LogP contribution >= 0.6 is 0 Å². The lowest BCUT2D eigenvalue weighted by Crippen LogP contribution is -2.13. The molecule has 3 unspecified atom stereocenters. The smallest absolute Gasteiger partial charge is 0.123 e. The normalized spacial score (nSPS) is 16.1. The van der Waals surface area contributed by atoms with Gasteiger partial charge >= 0.3 is 0 Å². The third-order valence-electron chi connectivity index (χ3n) is 3.14. The van der Waals surface area contributed by atoms with Gasteiger partial charge in [0.25, 0.3) is 0 Å². The van der Waals surface area contributed by atoms with Gasteiger partial charge in [-0.25, -0.2) is 0 Å². The molecule has 0 saturated heterocycles. The van der Waals surface area contributed by atoms with Crippen LogP contribution in [0.4, 0.5) is 0 Å². The molecule has 0 aromatic carbocycles. The average Bonchev–Trinajstić information content (AvgIpc) is 2.34. The highest BCUT2D eigenvalue weighted by Crippen LogP contribution is 2.20. The topological polar surface area (TPSA) is 51.2 Å². The molecular weight excluding hydrogens is 204 g/mol. The maximum absolute atomic E-state index is 10.9. The van der Waals surface area contributed by atoms with Gasteiger partial charge in [0.15, 0.2) is 0 Å². The summed E-state index contributed by atoms with van der Waals surface area (Å²) in [6, 6.07) is 0. The largest absolute Gasteiger partial charge is 0.303 e. The summed E-state index contributed by atoms with van der Waals surface area (Å²) in [4.78, 5) is 32.2. The van der Waals surface area contributed by atoms with Gasteiger partial charge in [0.1, 0.15) is 18.9 Å². The molecule has 0 aliphatic rings. The molecule has 0 fully saturated rings. The summed E-state index contributed by atoms with van der Waals surface area (Å²) in [7, 11) is 0. The van der Waals surface area contributed by atoms with Crippen LogP contribution in [-0.2, 0) is 14.4 Å². The summed E-state index contributed by atoms with van der Waals surface area (Å²) in [6.07, 6.45) is 6.48. The highest BCUT2D eigenvalue weighted by molar-refractivity contribution is 5.58. The molecule has 0 N–H and O–H groups in total. The maximum Gasteiger partial charge on any atom is 0.123 e. The van der Waals surface area contributed by atoms with Crippen LogP contribution in [-0.4, -0.2) is 18.9 Å². The molecule has 3 atom stereocenters. The van der Waals surface area contributed by atoms with Gasteiger partial charge in [-0.2, -0.15) is 0 Å². The third kappa shape index (κ3) is 5.79. The Bertz CT molecular complexity index is 213. The molecule has 0 spiro atoms. The van der Waals surface area contributed by atoms with Crippen molar-refractivity contribution in [2.45, 2.75) is 46.0 Å². The summed E-state index contributed by atoms with van der Waals surface area (Å²) in [5.41, 5.74) is 0. The van der Waals surface area contributed by atoms with Crippen LogP contribution in [0.2, 0.25) is 0 Å². The van der Waals surface area contributed by atoms with Gasteiger partial charge < -0.3 is 14.4 Å². The Hall–Kier alpha value is -0.990. The van der Waals surface area contributed by atoms with Gasteiger partial charge in [-0.1, -0.05) is 13.8 Å². The minimum Gasteiger partial charge on any atom is -0.303 e. The molecule has 92 valence electrons. The van der Waals surface area contributed by atoms with Gasteiger partial charge in [0.2, 0.25) is 0 Å². The summed E-state index contributed by atoms with van der Waals surface area (Å²) in [6.45, 7) is 3.91. The van der Waals surface area contributed by atoms with E-state index in [-0.39, 0.29) is 17.8 Å². The molecule has 3 heteroatoms. The van der Waals surface area contributed by atoms with Crippen molar-refractivity contribution in [1.29, 1.82) is 0 Å². The SMILES string of the molecule is CCC(C=O)CCC(C=O)CC(C=O)CC. The van der Waals surface area contributed by atoms with Crippen molar-refractivity contribution in [3.8, 4) is 0 Å². The zero-order valence-corrected chi connectivity index (χ0v) is 10.2. The molecule has 0 aliphatic carbocycles. The van der Waals surface area contributed by atoms with Crippen molar-refractivity contribution >= 4 is 18.9 Å². The van der Waals surface area contributed by atoms with E-state index in [1.54, 1.807) is 0 Å². The zero-order chi connectivity index (χ0) is 12.4. The van der Waals surface area contributed by atoms with Gasteiger partial charge in [-0.3, -0.25) is 0 Å². The third-order valence-corrected chi connectivity index (χ3v) is 3.14. The second-order valence-electron chi connectivity index (χ2n) is 4.32. The summed E-state index contributed by atoms with van der Waals surface area (Å²) in [5, 5.41) is 0. The quantitative estimate of drug-likeness (QED) is 0.537. The predicted octanol–water partition coefficient (Wildman–Crippen LogP) is 2.42. The molecule has 0 bridgehead atoms. The van der Waals surface area contributed by atoms with Crippen LogP contribution in [0.1, 0.15) is 46.0 Å². The van der Waals surface area contributed by atoms with Crippen LogP contribution in [0, 0.1) is 17.8 Å². The minimum atomic E-state index is -0.0795. The highest BCUT2D eigenvalue weighted by atomic mass is 16.1. The van der Waals surface area contributed by atoms with E-state index in [9.17, 15) is 14.4 Å². The monoisotopic (exact) mass is 226 g/mol. The van der Waals surface area contributed by atoms with E-state index in [0.29, 0.717) is 12.8 Å². The predicted molar refractivity (Wildman–Crippen MR) is 63.1 cm³/mol. The standard InChI is InChI=1S/C13H22O3/c1-3-11(8-14)5-6-13(10-16)7-12(4-2)9-15/h8-13H,3-7H2,1-2H3. The molecular formula is C13H22O3. The van der Waals surface area contributed by atoms with Crippen LogP contribution in [0.25, 0.3) is 0 Å². The second kappa shape index (κ2) is 9.25. The molecule has 0 aromatic rings. The zero-order valence-electron chi connectivity index (χ0n) is 10.2. The molecule has 0 aliphatic heterocycles. The van der Waals surface area contributed by atoms with Crippen LogP contribution in [0.15, 0.2) is 0 Å². The van der Waals surface area contributed by atoms with E-state index in [1.165, 1.54) is 0 Å². The van der Waals surface area contributed by atoms with Crippen molar-refractivity contribution in [1.82, 2.24) is 0 Å². The lowest BCUT2D eigenvalue weighted by molar-refractivity contribution is -0.115. The van der Waals surface area contributed by atoms with Crippen LogP contribution in [0.5, 0.6) is 0 Å². The lowest BCUT2D eigenvalue weighted by atomic mass is 9.88. The molecule has 3 nitrogen and oxygen atoms in total.